The van der Waals surface area contributed by atoms with E-state index in [4.69, 9.17) is 5.73 Å². The number of nitrogens with two attached hydrogens (primary N) is 1. The Balaban J connectivity index is 1.93. The fourth-order valence-corrected chi connectivity index (χ4v) is 3.01. The highest BCUT2D eigenvalue weighted by atomic mass is 32.1. The molecule has 2 rings (SSSR count). The molecule has 106 valence electrons. The number of hydrogen-bond donors (Lipinski definition) is 1. The quantitative estimate of drug-likeness (QED) is 0.781. The van der Waals surface area contributed by atoms with Gasteiger partial charge < -0.3 is 20.3 Å². The van der Waals surface area contributed by atoms with Crippen LogP contribution in [0.5, 0.6) is 0 Å². The molecule has 2 heterocycles. The van der Waals surface area contributed by atoms with E-state index in [-0.39, 0.29) is 5.97 Å². The van der Waals surface area contributed by atoms with Gasteiger partial charge in [0.1, 0.15) is 6.04 Å². The first kappa shape index (κ1) is 14.2. The van der Waals surface area contributed by atoms with E-state index in [2.05, 4.69) is 26.6 Å². The second-order valence-corrected chi connectivity index (χ2v) is 5.83. The van der Waals surface area contributed by atoms with Crippen molar-refractivity contribution in [3.05, 3.63) is 11.1 Å². The molecule has 1 aromatic rings. The number of rotatable bonds is 4. The van der Waals surface area contributed by atoms with Crippen molar-refractivity contribution in [2.45, 2.75) is 12.5 Å². The van der Waals surface area contributed by atoms with Crippen molar-refractivity contribution in [1.82, 2.24) is 9.88 Å². The molecule has 0 saturated carbocycles. The zero-order valence-corrected chi connectivity index (χ0v) is 12.2. The number of likely N-dealkylation sites (N-methyl/N-ethyl adjacent to an activating group) is 1. The minimum atomic E-state index is -0.606. The number of nitrogens with zero attached hydrogens (tertiary/aromatic N) is 3. The van der Waals surface area contributed by atoms with E-state index < -0.39 is 6.04 Å². The van der Waals surface area contributed by atoms with E-state index in [1.807, 2.05) is 0 Å². The van der Waals surface area contributed by atoms with Crippen LogP contribution >= 0.6 is 11.3 Å². The van der Waals surface area contributed by atoms with Gasteiger partial charge in [0.25, 0.3) is 0 Å². The van der Waals surface area contributed by atoms with Crippen molar-refractivity contribution in [3.8, 4) is 0 Å². The van der Waals surface area contributed by atoms with Crippen LogP contribution in [-0.4, -0.2) is 62.2 Å². The third-order valence-electron chi connectivity index (χ3n) is 3.24. The molecule has 0 bridgehead atoms. The third-order valence-corrected chi connectivity index (χ3v) is 4.32. The molecule has 1 aliphatic rings. The Morgan fingerprint density at radius 2 is 2.21 bits per heavy atom. The summed E-state index contributed by atoms with van der Waals surface area (Å²) >= 11 is 1.61. The maximum Gasteiger partial charge on any atom is 0.323 e. The smallest absolute Gasteiger partial charge is 0.323 e. The van der Waals surface area contributed by atoms with Crippen LogP contribution in [0.2, 0.25) is 0 Å². The number of methoxy groups -OCH3 is 1. The lowest BCUT2D eigenvalue weighted by atomic mass is 10.2. The number of carbonyl (C=O) groups is 1. The first-order valence-electron chi connectivity index (χ1n) is 6.31. The average Bonchev–Trinajstić information content (AvgIpc) is 2.87. The topological polar surface area (TPSA) is 71.7 Å². The Kier molecular flexibility index (Phi) is 4.73. The van der Waals surface area contributed by atoms with Gasteiger partial charge in [0.05, 0.1) is 7.11 Å². The van der Waals surface area contributed by atoms with Crippen molar-refractivity contribution in [3.63, 3.8) is 0 Å². The van der Waals surface area contributed by atoms with Crippen molar-refractivity contribution in [1.29, 1.82) is 0 Å². The van der Waals surface area contributed by atoms with Gasteiger partial charge in [-0.05, 0) is 7.05 Å². The summed E-state index contributed by atoms with van der Waals surface area (Å²) in [5, 5.41) is 1.01. The predicted molar refractivity (Wildman–Crippen MR) is 75.5 cm³/mol. The van der Waals surface area contributed by atoms with Crippen molar-refractivity contribution in [2.24, 2.45) is 5.73 Å². The Morgan fingerprint density at radius 1 is 1.53 bits per heavy atom. The first-order valence-corrected chi connectivity index (χ1v) is 7.13. The number of piperazine rings is 1. The van der Waals surface area contributed by atoms with Gasteiger partial charge >= 0.3 is 5.97 Å². The summed E-state index contributed by atoms with van der Waals surface area (Å²) in [7, 11) is 3.48. The van der Waals surface area contributed by atoms with Gasteiger partial charge in [-0.2, -0.15) is 0 Å². The molecule has 0 aliphatic carbocycles. The number of esters is 1. The zero-order valence-electron chi connectivity index (χ0n) is 11.3. The monoisotopic (exact) mass is 284 g/mol. The Morgan fingerprint density at radius 3 is 2.84 bits per heavy atom. The molecule has 1 atom stereocenters. The standard InChI is InChI=1S/C12H20N4O2S/c1-15-3-5-16(6-4-15)12-14-8-9(19-12)7-10(13)11(17)18-2/h8,10H,3-7,13H2,1-2H3. The molecule has 0 aromatic carbocycles. The summed E-state index contributed by atoms with van der Waals surface area (Å²) in [6.07, 6.45) is 2.29. The van der Waals surface area contributed by atoms with Crippen molar-refractivity contribution in [2.75, 3.05) is 45.2 Å². The summed E-state index contributed by atoms with van der Waals surface area (Å²) in [6, 6.07) is -0.606. The summed E-state index contributed by atoms with van der Waals surface area (Å²) in [5.74, 6) is -0.380. The SMILES string of the molecule is COC(=O)C(N)Cc1cnc(N2CCN(C)CC2)s1. The number of thiazole rings is 1. The molecule has 0 radical (unpaired) electrons. The normalized spacial score (nSPS) is 18.4. The van der Waals surface area contributed by atoms with E-state index in [1.165, 1.54) is 7.11 Å². The van der Waals surface area contributed by atoms with E-state index in [9.17, 15) is 4.79 Å². The molecule has 0 spiro atoms. The highest BCUT2D eigenvalue weighted by Crippen LogP contribution is 2.24. The second-order valence-electron chi connectivity index (χ2n) is 4.73. The Labute approximate surface area is 117 Å². The van der Waals surface area contributed by atoms with Crippen LogP contribution in [0, 0.1) is 0 Å². The summed E-state index contributed by atoms with van der Waals surface area (Å²) in [5.41, 5.74) is 5.75. The summed E-state index contributed by atoms with van der Waals surface area (Å²) < 4.78 is 4.62. The summed E-state index contributed by atoms with van der Waals surface area (Å²) in [6.45, 7) is 4.09. The molecule has 1 aromatic heterocycles. The summed E-state index contributed by atoms with van der Waals surface area (Å²) in [4.78, 5) is 21.3. The van der Waals surface area contributed by atoms with E-state index in [1.54, 1.807) is 17.5 Å². The molecule has 1 fully saturated rings. The van der Waals surface area contributed by atoms with Gasteiger partial charge in [-0.1, -0.05) is 0 Å². The third kappa shape index (κ3) is 3.65. The molecule has 0 amide bonds. The average molecular weight is 284 g/mol. The van der Waals surface area contributed by atoms with E-state index >= 15 is 0 Å². The number of anilines is 1. The molecule has 1 saturated heterocycles. The molecule has 6 nitrogen and oxygen atoms in total. The molecule has 7 heteroatoms. The second kappa shape index (κ2) is 6.31. The Bertz CT molecular complexity index is 429. The van der Waals surface area contributed by atoms with Crippen LogP contribution in [0.15, 0.2) is 6.20 Å². The number of carbonyl (C=O) groups excluding carboxylic acids is 1. The number of ether oxygens (including phenoxy) is 1. The van der Waals surface area contributed by atoms with Gasteiger partial charge in [0, 0.05) is 43.7 Å². The van der Waals surface area contributed by atoms with E-state index in [0.717, 1.165) is 36.2 Å². The minimum Gasteiger partial charge on any atom is -0.468 e. The lowest BCUT2D eigenvalue weighted by Crippen LogP contribution is -2.44. The van der Waals surface area contributed by atoms with E-state index in [0.29, 0.717) is 6.42 Å². The predicted octanol–water partition coefficient (Wildman–Crippen LogP) is -0.0623. The minimum absolute atomic E-state index is 0.380. The van der Waals surface area contributed by atoms with Crippen molar-refractivity contribution >= 4 is 22.4 Å². The molecule has 1 aliphatic heterocycles. The first-order chi connectivity index (χ1) is 9.10. The van der Waals surface area contributed by atoms with Crippen LogP contribution in [0.25, 0.3) is 0 Å². The van der Waals surface area contributed by atoms with Crippen LogP contribution in [-0.2, 0) is 16.0 Å². The maximum atomic E-state index is 11.3. The zero-order chi connectivity index (χ0) is 13.8. The highest BCUT2D eigenvalue weighted by Gasteiger charge is 2.19. The largest absolute Gasteiger partial charge is 0.468 e. The highest BCUT2D eigenvalue weighted by molar-refractivity contribution is 7.15. The van der Waals surface area contributed by atoms with Gasteiger partial charge in [-0.15, -0.1) is 11.3 Å². The van der Waals surface area contributed by atoms with Gasteiger partial charge in [-0.3, -0.25) is 4.79 Å². The fourth-order valence-electron chi connectivity index (χ4n) is 1.99. The fraction of sp³-hybridized carbons (Fsp3) is 0.667. The van der Waals surface area contributed by atoms with Crippen LogP contribution < -0.4 is 10.6 Å². The number of aromatic nitrogens is 1. The molecule has 2 N–H and O–H groups in total. The lowest BCUT2D eigenvalue weighted by Gasteiger charge is -2.32. The van der Waals surface area contributed by atoms with Crippen LogP contribution in [0.3, 0.4) is 0 Å². The van der Waals surface area contributed by atoms with Crippen molar-refractivity contribution < 1.29 is 9.53 Å². The van der Waals surface area contributed by atoms with Crippen LogP contribution in [0.1, 0.15) is 4.88 Å². The van der Waals surface area contributed by atoms with Gasteiger partial charge in [-0.25, -0.2) is 4.98 Å². The van der Waals surface area contributed by atoms with Gasteiger partial charge in [0.2, 0.25) is 0 Å². The molecular formula is C12H20N4O2S. The maximum absolute atomic E-state index is 11.3. The van der Waals surface area contributed by atoms with Gasteiger partial charge in [0.15, 0.2) is 5.13 Å². The molecule has 1 unspecified atom stereocenters. The van der Waals surface area contributed by atoms with Crippen LogP contribution in [0.4, 0.5) is 5.13 Å². The molecular weight excluding hydrogens is 264 g/mol. The number of hydrogen-bond acceptors (Lipinski definition) is 7. The molecule has 19 heavy (non-hydrogen) atoms. The lowest BCUT2D eigenvalue weighted by molar-refractivity contribution is -0.142. The Hall–Kier alpha value is -1.18.